The third-order valence-corrected chi connectivity index (χ3v) is 8.13. The Balaban J connectivity index is 1.43. The highest BCUT2D eigenvalue weighted by Gasteiger charge is 2.26. The van der Waals surface area contributed by atoms with Crippen molar-refractivity contribution in [3.8, 4) is 5.75 Å². The third kappa shape index (κ3) is 5.37. The van der Waals surface area contributed by atoms with Crippen LogP contribution >= 0.6 is 23.1 Å². The van der Waals surface area contributed by atoms with Crippen LogP contribution in [0, 0.1) is 6.92 Å². The largest absolute Gasteiger partial charge is 0.497 e. The van der Waals surface area contributed by atoms with E-state index in [1.165, 1.54) is 23.1 Å². The van der Waals surface area contributed by atoms with E-state index in [1.807, 2.05) is 49.1 Å². The standard InChI is InChI=1S/C24H28N4O3S2/c1-15(24(30)28-11-9-27(3)10-12-28)21-7-8-22(33-21)20(29)14-32-23-18-13-17(31-4)5-6-19(18)25-16(2)26-23/h5-8,13,15H,9-12,14H2,1-4H3. The number of amides is 1. The third-order valence-electron chi connectivity index (χ3n) is 5.83. The molecular formula is C24H28N4O3S2. The van der Waals surface area contributed by atoms with Gasteiger partial charge in [-0.3, -0.25) is 9.59 Å². The Hall–Kier alpha value is -2.49. The number of hydrogen-bond acceptors (Lipinski definition) is 8. The van der Waals surface area contributed by atoms with E-state index in [0.717, 1.165) is 52.7 Å². The Kier molecular flexibility index (Phi) is 7.31. The average molecular weight is 485 g/mol. The Labute approximate surface area is 202 Å². The summed E-state index contributed by atoms with van der Waals surface area (Å²) in [6.45, 7) is 7.08. The highest BCUT2D eigenvalue weighted by molar-refractivity contribution is 8.00. The minimum absolute atomic E-state index is 0.0304. The maximum atomic E-state index is 12.9. The first-order valence-electron chi connectivity index (χ1n) is 10.9. The van der Waals surface area contributed by atoms with Crippen molar-refractivity contribution in [3.05, 3.63) is 45.9 Å². The number of aromatic nitrogens is 2. The number of ether oxygens (including phenoxy) is 1. The van der Waals surface area contributed by atoms with Crippen molar-refractivity contribution in [1.29, 1.82) is 0 Å². The lowest BCUT2D eigenvalue weighted by atomic mass is 10.1. The summed E-state index contributed by atoms with van der Waals surface area (Å²) in [5.74, 6) is 1.58. The van der Waals surface area contributed by atoms with Crippen molar-refractivity contribution >= 4 is 45.7 Å². The molecule has 0 saturated carbocycles. The van der Waals surface area contributed by atoms with Gasteiger partial charge >= 0.3 is 0 Å². The summed E-state index contributed by atoms with van der Waals surface area (Å²) in [7, 11) is 3.69. The first-order chi connectivity index (χ1) is 15.9. The van der Waals surface area contributed by atoms with E-state index in [-0.39, 0.29) is 23.4 Å². The van der Waals surface area contributed by atoms with E-state index in [0.29, 0.717) is 10.7 Å². The fourth-order valence-electron chi connectivity index (χ4n) is 3.79. The van der Waals surface area contributed by atoms with Gasteiger partial charge in [-0.05, 0) is 51.2 Å². The molecule has 1 saturated heterocycles. The van der Waals surface area contributed by atoms with Crippen LogP contribution in [0.1, 0.15) is 33.2 Å². The zero-order chi connectivity index (χ0) is 23.5. The number of hydrogen-bond donors (Lipinski definition) is 0. The van der Waals surface area contributed by atoms with Gasteiger partial charge in [0.15, 0.2) is 5.78 Å². The molecule has 3 heterocycles. The van der Waals surface area contributed by atoms with Crippen LogP contribution in [0.25, 0.3) is 10.9 Å². The summed E-state index contributed by atoms with van der Waals surface area (Å²) < 4.78 is 5.33. The summed E-state index contributed by atoms with van der Waals surface area (Å²) in [5.41, 5.74) is 0.827. The van der Waals surface area contributed by atoms with Gasteiger partial charge in [0.1, 0.15) is 16.6 Å². The highest BCUT2D eigenvalue weighted by Crippen LogP contribution is 2.31. The van der Waals surface area contributed by atoms with Gasteiger partial charge in [0.2, 0.25) is 5.91 Å². The fraction of sp³-hybridized carbons (Fsp3) is 0.417. The van der Waals surface area contributed by atoms with Crippen LogP contribution in [0.5, 0.6) is 5.75 Å². The second-order valence-electron chi connectivity index (χ2n) is 8.22. The van der Waals surface area contributed by atoms with E-state index in [2.05, 4.69) is 21.9 Å². The maximum absolute atomic E-state index is 12.9. The lowest BCUT2D eigenvalue weighted by Gasteiger charge is -2.33. The molecule has 0 aliphatic carbocycles. The molecule has 0 bridgehead atoms. The summed E-state index contributed by atoms with van der Waals surface area (Å²) in [6.07, 6.45) is 0. The van der Waals surface area contributed by atoms with E-state index in [9.17, 15) is 9.59 Å². The first-order valence-corrected chi connectivity index (χ1v) is 12.7. The molecule has 0 spiro atoms. The summed E-state index contributed by atoms with van der Waals surface area (Å²) >= 11 is 2.82. The monoisotopic (exact) mass is 484 g/mol. The lowest BCUT2D eigenvalue weighted by Crippen LogP contribution is -2.48. The topological polar surface area (TPSA) is 75.6 Å². The van der Waals surface area contributed by atoms with Crippen LogP contribution in [0.3, 0.4) is 0 Å². The van der Waals surface area contributed by atoms with Crippen LogP contribution in [0.4, 0.5) is 0 Å². The van der Waals surface area contributed by atoms with Crippen LogP contribution in [0.2, 0.25) is 0 Å². The molecule has 0 N–H and O–H groups in total. The number of nitrogens with zero attached hydrogens (tertiary/aromatic N) is 4. The number of fused-ring (bicyclic) bond motifs is 1. The van der Waals surface area contributed by atoms with Crippen molar-refractivity contribution in [2.75, 3.05) is 46.1 Å². The van der Waals surface area contributed by atoms with Gasteiger partial charge < -0.3 is 14.5 Å². The molecule has 9 heteroatoms. The number of rotatable bonds is 7. The first kappa shape index (κ1) is 23.7. The van der Waals surface area contributed by atoms with Crippen LogP contribution < -0.4 is 4.74 Å². The molecule has 2 aromatic heterocycles. The Morgan fingerprint density at radius 3 is 2.64 bits per heavy atom. The quantitative estimate of drug-likeness (QED) is 0.286. The Bertz CT molecular complexity index is 1170. The molecule has 1 aliphatic rings. The number of piperazine rings is 1. The van der Waals surface area contributed by atoms with Gasteiger partial charge in [0, 0.05) is 36.4 Å². The molecule has 1 unspecified atom stereocenters. The van der Waals surface area contributed by atoms with Gasteiger partial charge in [0.05, 0.1) is 29.2 Å². The molecule has 0 radical (unpaired) electrons. The number of carbonyl (C=O) groups is 2. The lowest BCUT2D eigenvalue weighted by molar-refractivity contribution is -0.133. The van der Waals surface area contributed by atoms with Crippen molar-refractivity contribution in [2.24, 2.45) is 0 Å². The minimum Gasteiger partial charge on any atom is -0.497 e. The molecule has 1 amide bonds. The van der Waals surface area contributed by atoms with E-state index >= 15 is 0 Å². The van der Waals surface area contributed by atoms with Gasteiger partial charge in [-0.15, -0.1) is 11.3 Å². The molecule has 4 rings (SSSR count). The number of methoxy groups -OCH3 is 1. The summed E-state index contributed by atoms with van der Waals surface area (Å²) in [6, 6.07) is 9.42. The number of aryl methyl sites for hydroxylation is 1. The second-order valence-corrected chi connectivity index (χ2v) is 10.3. The SMILES string of the molecule is COc1ccc2nc(C)nc(SCC(=O)c3ccc(C(C)C(=O)N4CCN(C)CC4)s3)c2c1. The number of likely N-dealkylation sites (N-methyl/N-ethyl adjacent to an activating group) is 1. The molecule has 1 aromatic carbocycles. The summed E-state index contributed by atoms with van der Waals surface area (Å²) in [4.78, 5) is 40.6. The van der Waals surface area contributed by atoms with Crippen molar-refractivity contribution < 1.29 is 14.3 Å². The smallest absolute Gasteiger partial charge is 0.230 e. The van der Waals surface area contributed by atoms with Crippen molar-refractivity contribution in [3.63, 3.8) is 0 Å². The predicted molar refractivity (Wildman–Crippen MR) is 133 cm³/mol. The van der Waals surface area contributed by atoms with Gasteiger partial charge in [0.25, 0.3) is 0 Å². The second kappa shape index (κ2) is 10.2. The van der Waals surface area contributed by atoms with Gasteiger partial charge in [-0.1, -0.05) is 11.8 Å². The average Bonchev–Trinajstić information content (AvgIpc) is 3.32. The Morgan fingerprint density at radius 2 is 1.91 bits per heavy atom. The normalized spacial score (nSPS) is 15.6. The summed E-state index contributed by atoms with van der Waals surface area (Å²) in [5, 5.41) is 1.64. The van der Waals surface area contributed by atoms with Crippen LogP contribution in [-0.4, -0.2) is 77.5 Å². The number of Topliss-reactive ketones (excluding diaryl/α,β-unsaturated/α-hetero) is 1. The molecule has 1 atom stereocenters. The van der Waals surface area contributed by atoms with E-state index in [1.54, 1.807) is 7.11 Å². The number of thiophene rings is 1. The maximum Gasteiger partial charge on any atom is 0.230 e. The zero-order valence-electron chi connectivity index (χ0n) is 19.3. The van der Waals surface area contributed by atoms with Crippen LogP contribution in [0.15, 0.2) is 35.4 Å². The predicted octanol–water partition coefficient (Wildman–Crippen LogP) is 3.86. The number of ketones is 1. The number of thioether (sulfide) groups is 1. The minimum atomic E-state index is -0.242. The van der Waals surface area contributed by atoms with Gasteiger partial charge in [-0.25, -0.2) is 9.97 Å². The number of benzene rings is 1. The molecule has 174 valence electrons. The Morgan fingerprint density at radius 1 is 1.15 bits per heavy atom. The molecule has 33 heavy (non-hydrogen) atoms. The van der Waals surface area contributed by atoms with Gasteiger partial charge in [-0.2, -0.15) is 0 Å². The molecule has 7 nitrogen and oxygen atoms in total. The molecular weight excluding hydrogens is 456 g/mol. The molecule has 1 aliphatic heterocycles. The van der Waals surface area contributed by atoms with Crippen LogP contribution in [-0.2, 0) is 4.79 Å². The van der Waals surface area contributed by atoms with Crippen molar-refractivity contribution in [2.45, 2.75) is 24.8 Å². The zero-order valence-corrected chi connectivity index (χ0v) is 21.0. The fourth-order valence-corrected chi connectivity index (χ4v) is 5.81. The molecule has 3 aromatic rings. The molecule has 1 fully saturated rings. The highest BCUT2D eigenvalue weighted by atomic mass is 32.2. The van der Waals surface area contributed by atoms with Crippen molar-refractivity contribution in [1.82, 2.24) is 19.8 Å². The van der Waals surface area contributed by atoms with E-state index in [4.69, 9.17) is 4.74 Å². The number of carbonyl (C=O) groups excluding carboxylic acids is 2. The van der Waals surface area contributed by atoms with E-state index < -0.39 is 0 Å².